The van der Waals surface area contributed by atoms with Crippen molar-refractivity contribution in [3.05, 3.63) is 0 Å². The van der Waals surface area contributed by atoms with E-state index in [0.717, 1.165) is 38.5 Å². The average Bonchev–Trinajstić information content (AvgIpc) is 2.63. The summed E-state index contributed by atoms with van der Waals surface area (Å²) in [5, 5.41) is 8.98. The molecule has 0 saturated carbocycles. The monoisotopic (exact) mass is 458 g/mol. The molecule has 2 atom stereocenters. The van der Waals surface area contributed by atoms with Crippen LogP contribution in [0.4, 0.5) is 0 Å². The second-order valence-corrected chi connectivity index (χ2v) is 10.2. The summed E-state index contributed by atoms with van der Waals surface area (Å²) in [7, 11) is -4.20. The maximum atomic E-state index is 11.5. The molecule has 2 unspecified atom stereocenters. The quantitative estimate of drug-likeness (QED) is 0.162. The van der Waals surface area contributed by atoms with Gasteiger partial charge in [-0.25, -0.2) is 8.42 Å². The number of aliphatic hydroxyl groups excluding tert-OH is 1. The number of aliphatic hydroxyl groups is 1. The first-order valence-corrected chi connectivity index (χ1v) is 13.5. The second-order valence-electron chi connectivity index (χ2n) is 8.52. The normalized spacial score (nSPS) is 13.8. The Balaban J connectivity index is 0. The summed E-state index contributed by atoms with van der Waals surface area (Å²) in [6, 6.07) is 0. The van der Waals surface area contributed by atoms with Crippen LogP contribution in [0.5, 0.6) is 0 Å². The van der Waals surface area contributed by atoms with Gasteiger partial charge in [0.25, 0.3) is 0 Å². The summed E-state index contributed by atoms with van der Waals surface area (Å²) in [4.78, 5) is 0. The Kier molecular flexibility index (Phi) is 25.6. The first-order chi connectivity index (χ1) is 13.4. The Hall–Kier alpha value is 1.51. The number of unbranched alkanes of at least 4 members (excludes halogenated alkanes) is 12. The van der Waals surface area contributed by atoms with Crippen molar-refractivity contribution in [2.75, 3.05) is 0 Å². The molecule has 0 amide bonds. The predicted molar refractivity (Wildman–Crippen MR) is 119 cm³/mol. The van der Waals surface area contributed by atoms with Crippen molar-refractivity contribution in [1.82, 2.24) is 0 Å². The van der Waals surface area contributed by atoms with Crippen molar-refractivity contribution in [3.8, 4) is 0 Å². The summed E-state index contributed by atoms with van der Waals surface area (Å²) in [5.74, 6) is 0. The molecular formula is C23H47KO4S. The largest absolute Gasteiger partial charge is 1.00 e. The van der Waals surface area contributed by atoms with Crippen molar-refractivity contribution in [2.24, 2.45) is 0 Å². The molecule has 0 aliphatic heterocycles. The third kappa shape index (κ3) is 22.5. The van der Waals surface area contributed by atoms with Gasteiger partial charge in [0.05, 0.1) is 16.2 Å². The van der Waals surface area contributed by atoms with Gasteiger partial charge in [-0.05, 0) is 25.7 Å². The average molecular weight is 459 g/mol. The zero-order valence-corrected chi connectivity index (χ0v) is 23.6. The van der Waals surface area contributed by atoms with Gasteiger partial charge < -0.3 is 9.66 Å². The van der Waals surface area contributed by atoms with E-state index in [1.165, 1.54) is 57.8 Å². The molecule has 4 nitrogen and oxygen atoms in total. The molecule has 0 heterocycles. The Morgan fingerprint density at radius 3 is 1.41 bits per heavy atom. The number of rotatable bonds is 21. The Bertz CT molecular complexity index is 429. The van der Waals surface area contributed by atoms with Crippen LogP contribution in [-0.2, 0) is 10.1 Å². The number of hydrogen-bond acceptors (Lipinski definition) is 4. The minimum Gasteiger partial charge on any atom is -0.748 e. The maximum Gasteiger partial charge on any atom is 1.00 e. The fourth-order valence-electron chi connectivity index (χ4n) is 3.88. The van der Waals surface area contributed by atoms with Gasteiger partial charge >= 0.3 is 51.4 Å². The molecule has 0 aromatic rings. The van der Waals surface area contributed by atoms with E-state index in [2.05, 4.69) is 6.92 Å². The van der Waals surface area contributed by atoms with Gasteiger partial charge in [0, 0.05) is 5.25 Å². The summed E-state index contributed by atoms with van der Waals surface area (Å²) in [6.45, 7) is 4.28. The molecule has 0 saturated heterocycles. The molecule has 0 aromatic heterocycles. The standard InChI is InChI=1S/C23H48O4S.K/c1-3-5-6-7-8-9-10-11-12-13-14-15-20-23(28(25,26)27)21-17-16-19-22(24)18-4-2;/h22-24H,3-21H2,1-2H3,(H,25,26,27);/q;+1/p-1. The smallest absolute Gasteiger partial charge is 0.748 e. The second kappa shape index (κ2) is 22.7. The van der Waals surface area contributed by atoms with Gasteiger partial charge in [0.2, 0.25) is 0 Å². The molecule has 0 spiro atoms. The Morgan fingerprint density at radius 2 is 1.00 bits per heavy atom. The molecule has 0 bridgehead atoms. The topological polar surface area (TPSA) is 77.4 Å². The maximum absolute atomic E-state index is 11.5. The van der Waals surface area contributed by atoms with Crippen LogP contribution in [0.3, 0.4) is 0 Å². The summed E-state index contributed by atoms with van der Waals surface area (Å²) in [5.41, 5.74) is 0. The fraction of sp³-hybridized carbons (Fsp3) is 1.00. The van der Waals surface area contributed by atoms with Crippen LogP contribution >= 0.6 is 0 Å². The molecule has 29 heavy (non-hydrogen) atoms. The summed E-state index contributed by atoms with van der Waals surface area (Å²) >= 11 is 0. The van der Waals surface area contributed by atoms with Crippen LogP contribution < -0.4 is 51.4 Å². The summed E-state index contributed by atoms with van der Waals surface area (Å²) in [6.07, 6.45) is 19.6. The molecule has 0 rings (SSSR count). The van der Waals surface area contributed by atoms with Crippen LogP contribution in [0.25, 0.3) is 0 Å². The van der Waals surface area contributed by atoms with E-state index in [9.17, 15) is 18.1 Å². The molecule has 0 fully saturated rings. The van der Waals surface area contributed by atoms with Crippen LogP contribution in [0.1, 0.15) is 136 Å². The van der Waals surface area contributed by atoms with Crippen molar-refractivity contribution in [2.45, 2.75) is 147 Å². The first kappa shape index (κ1) is 32.7. The van der Waals surface area contributed by atoms with Gasteiger partial charge in [0.1, 0.15) is 0 Å². The van der Waals surface area contributed by atoms with Crippen molar-refractivity contribution < 1.29 is 69.5 Å². The van der Waals surface area contributed by atoms with Crippen LogP contribution in [0.15, 0.2) is 0 Å². The van der Waals surface area contributed by atoms with Crippen LogP contribution in [0.2, 0.25) is 0 Å². The minimum absolute atomic E-state index is 0. The van der Waals surface area contributed by atoms with E-state index in [4.69, 9.17) is 0 Å². The van der Waals surface area contributed by atoms with E-state index in [-0.39, 0.29) is 57.5 Å². The first-order valence-electron chi connectivity index (χ1n) is 12.0. The van der Waals surface area contributed by atoms with Crippen molar-refractivity contribution in [1.29, 1.82) is 0 Å². The molecule has 0 radical (unpaired) electrons. The van der Waals surface area contributed by atoms with Gasteiger partial charge in [-0.2, -0.15) is 0 Å². The minimum atomic E-state index is -4.20. The Morgan fingerprint density at radius 1 is 0.621 bits per heavy atom. The van der Waals surface area contributed by atoms with Crippen molar-refractivity contribution in [3.63, 3.8) is 0 Å². The van der Waals surface area contributed by atoms with E-state index < -0.39 is 15.4 Å². The fourth-order valence-corrected chi connectivity index (χ4v) is 4.79. The molecule has 0 aliphatic carbocycles. The predicted octanol–water partition coefficient (Wildman–Crippen LogP) is 3.72. The van der Waals surface area contributed by atoms with Crippen LogP contribution in [0, 0.1) is 0 Å². The van der Waals surface area contributed by atoms with E-state index in [1.54, 1.807) is 0 Å². The molecule has 170 valence electrons. The Labute approximate surface area is 224 Å². The van der Waals surface area contributed by atoms with Gasteiger partial charge in [-0.3, -0.25) is 0 Å². The summed E-state index contributed by atoms with van der Waals surface area (Å²) < 4.78 is 34.5. The number of hydrogen-bond donors (Lipinski definition) is 1. The van der Waals surface area contributed by atoms with Gasteiger partial charge in [-0.1, -0.05) is 110 Å². The molecule has 0 aliphatic rings. The van der Waals surface area contributed by atoms with Gasteiger partial charge in [0.15, 0.2) is 0 Å². The SMILES string of the molecule is CCCCCCCCCCCCCCC(CCCCC(O)CCC)S(=O)(=O)[O-].[K+]. The van der Waals surface area contributed by atoms with E-state index >= 15 is 0 Å². The molecule has 6 heteroatoms. The third-order valence-corrected chi connectivity index (χ3v) is 7.01. The van der Waals surface area contributed by atoms with E-state index in [0.29, 0.717) is 25.7 Å². The zero-order chi connectivity index (χ0) is 21.1. The van der Waals surface area contributed by atoms with Crippen molar-refractivity contribution >= 4 is 10.1 Å². The third-order valence-electron chi connectivity index (χ3n) is 5.72. The molecule has 1 N–H and O–H groups in total. The molecule has 0 aromatic carbocycles. The molecular weight excluding hydrogens is 411 g/mol. The zero-order valence-electron chi connectivity index (χ0n) is 19.7. The van der Waals surface area contributed by atoms with Gasteiger partial charge in [-0.15, -0.1) is 0 Å². The van der Waals surface area contributed by atoms with Crippen LogP contribution in [-0.4, -0.2) is 29.4 Å². The van der Waals surface area contributed by atoms with E-state index in [1.807, 2.05) is 6.92 Å².